The van der Waals surface area contributed by atoms with Crippen LogP contribution in [0.1, 0.15) is 77.7 Å². The van der Waals surface area contributed by atoms with E-state index in [1.165, 1.54) is 9.21 Å². The molecule has 0 unspecified atom stereocenters. The molecule has 0 aromatic heterocycles. The van der Waals surface area contributed by atoms with Crippen LogP contribution in [0.3, 0.4) is 0 Å². The fourth-order valence-electron chi connectivity index (χ4n) is 6.01. The number of nitrogens with two attached hydrogens (primary N) is 2. The predicted octanol–water partition coefficient (Wildman–Crippen LogP) is 2.50. The van der Waals surface area contributed by atoms with Gasteiger partial charge in [0.1, 0.15) is 12.1 Å². The molecule has 12 heteroatoms. The second-order valence-corrected chi connectivity index (χ2v) is 14.6. The Morgan fingerprint density at radius 1 is 1.05 bits per heavy atom. The first-order chi connectivity index (χ1) is 20.2. The smallest absolute Gasteiger partial charge is 0.254 e. The van der Waals surface area contributed by atoms with Gasteiger partial charge in [0, 0.05) is 31.6 Å². The van der Waals surface area contributed by atoms with Crippen molar-refractivity contribution in [3.63, 3.8) is 0 Å². The Labute approximate surface area is 257 Å². The Morgan fingerprint density at radius 3 is 2.28 bits per heavy atom. The summed E-state index contributed by atoms with van der Waals surface area (Å²) >= 11 is 0. The molecule has 3 rings (SSSR count). The molecule has 0 spiro atoms. The van der Waals surface area contributed by atoms with Crippen molar-refractivity contribution >= 4 is 33.7 Å². The number of nitrogens with zero attached hydrogens (tertiary/aromatic N) is 4. The highest BCUT2D eigenvalue weighted by molar-refractivity contribution is 7.88. The number of primary amides is 1. The number of sulfonamides is 1. The highest BCUT2D eigenvalue weighted by Crippen LogP contribution is 2.28. The van der Waals surface area contributed by atoms with Crippen molar-refractivity contribution in [1.82, 2.24) is 14.1 Å². The monoisotopic (exact) mass is 618 g/mol. The number of carbonyl (C=O) groups is 3. The van der Waals surface area contributed by atoms with E-state index in [9.17, 15) is 22.8 Å². The number of hydrogen-bond donors (Lipinski definition) is 2. The highest BCUT2D eigenvalue weighted by atomic mass is 32.2. The highest BCUT2D eigenvalue weighted by Gasteiger charge is 2.42. The third kappa shape index (κ3) is 9.50. The molecule has 2 aliphatic rings. The van der Waals surface area contributed by atoms with Crippen molar-refractivity contribution in [2.75, 3.05) is 32.4 Å². The molecule has 0 bridgehead atoms. The van der Waals surface area contributed by atoms with E-state index >= 15 is 0 Å². The van der Waals surface area contributed by atoms with Gasteiger partial charge >= 0.3 is 0 Å². The topological polar surface area (TPSA) is 159 Å². The number of benzene rings is 1. The quantitative estimate of drug-likeness (QED) is 0.195. The Kier molecular flexibility index (Phi) is 12.1. The van der Waals surface area contributed by atoms with E-state index in [-0.39, 0.29) is 30.8 Å². The summed E-state index contributed by atoms with van der Waals surface area (Å²) in [5.41, 5.74) is 12.1. The molecule has 1 aromatic rings. The summed E-state index contributed by atoms with van der Waals surface area (Å²) in [5.74, 6) is -1.05. The van der Waals surface area contributed by atoms with E-state index in [1.807, 2.05) is 49.1 Å². The minimum atomic E-state index is -3.80. The molecule has 2 saturated heterocycles. The van der Waals surface area contributed by atoms with Gasteiger partial charge in [-0.2, -0.15) is 9.30 Å². The maximum atomic E-state index is 13.9. The molecular weight excluding hydrogens is 568 g/mol. The fraction of sp³-hybridized carbons (Fsp3) is 0.677. The van der Waals surface area contributed by atoms with E-state index < -0.39 is 39.3 Å². The Morgan fingerprint density at radius 2 is 1.70 bits per heavy atom. The van der Waals surface area contributed by atoms with Crippen molar-refractivity contribution in [3.8, 4) is 0 Å². The SMILES string of the molecule is CCCCCC(C)(C)C(=O)N=C(N)N1CCC(CN([C@H](Cc2ccccc2)C(=O)N2CCC[C@H]2C(N)=O)S(C)(=O)=O)CC1. The Balaban J connectivity index is 1.75. The van der Waals surface area contributed by atoms with Crippen LogP contribution in [-0.4, -0.2) is 90.7 Å². The Hall–Kier alpha value is -2.99. The van der Waals surface area contributed by atoms with E-state index in [4.69, 9.17) is 11.5 Å². The van der Waals surface area contributed by atoms with E-state index in [2.05, 4.69) is 11.9 Å². The molecule has 4 N–H and O–H groups in total. The molecule has 1 aromatic carbocycles. The number of aliphatic imine (C=N–C) groups is 1. The lowest BCUT2D eigenvalue weighted by molar-refractivity contribution is -0.140. The van der Waals surface area contributed by atoms with Gasteiger partial charge in [0.2, 0.25) is 21.8 Å². The number of likely N-dealkylation sites (tertiary alicyclic amines) is 2. The third-order valence-corrected chi connectivity index (χ3v) is 10.0. The molecule has 2 heterocycles. The number of hydrogen-bond acceptors (Lipinski definition) is 5. The molecule has 11 nitrogen and oxygen atoms in total. The minimum Gasteiger partial charge on any atom is -0.369 e. The summed E-state index contributed by atoms with van der Waals surface area (Å²) in [6.45, 7) is 7.48. The largest absolute Gasteiger partial charge is 0.369 e. The molecule has 2 aliphatic heterocycles. The van der Waals surface area contributed by atoms with Gasteiger partial charge in [-0.05, 0) is 50.0 Å². The summed E-state index contributed by atoms with van der Waals surface area (Å²) in [6, 6.07) is 7.55. The summed E-state index contributed by atoms with van der Waals surface area (Å²) in [5, 5.41) is 0. The van der Waals surface area contributed by atoms with Crippen molar-refractivity contribution in [2.45, 2.75) is 90.6 Å². The number of unbranched alkanes of at least 4 members (excludes halogenated alkanes) is 2. The minimum absolute atomic E-state index is 0.0310. The molecular formula is C31H50N6O5S. The first-order valence-electron chi connectivity index (χ1n) is 15.5. The fourth-order valence-corrected chi connectivity index (χ4v) is 7.12. The van der Waals surface area contributed by atoms with Crippen LogP contribution >= 0.6 is 0 Å². The molecule has 240 valence electrons. The third-order valence-electron chi connectivity index (χ3n) is 8.77. The number of rotatable bonds is 13. The zero-order valence-corrected chi connectivity index (χ0v) is 27.0. The van der Waals surface area contributed by atoms with Gasteiger partial charge in [0.05, 0.1) is 6.26 Å². The molecule has 0 aliphatic carbocycles. The van der Waals surface area contributed by atoms with Crippen molar-refractivity contribution in [2.24, 2.45) is 27.8 Å². The predicted molar refractivity (Wildman–Crippen MR) is 168 cm³/mol. The summed E-state index contributed by atoms with van der Waals surface area (Å²) in [7, 11) is -3.80. The first-order valence-corrected chi connectivity index (χ1v) is 17.3. The molecule has 2 atom stereocenters. The molecule has 0 radical (unpaired) electrons. The molecule has 43 heavy (non-hydrogen) atoms. The lowest BCUT2D eigenvalue weighted by Gasteiger charge is -2.38. The van der Waals surface area contributed by atoms with Crippen LogP contribution in [0.25, 0.3) is 0 Å². The number of guanidine groups is 1. The van der Waals surface area contributed by atoms with E-state index in [0.29, 0.717) is 45.3 Å². The zero-order chi connectivity index (χ0) is 31.8. The van der Waals surface area contributed by atoms with Crippen LogP contribution in [-0.2, 0) is 30.8 Å². The number of amides is 3. The zero-order valence-electron chi connectivity index (χ0n) is 26.2. The maximum Gasteiger partial charge on any atom is 0.254 e. The van der Waals surface area contributed by atoms with Crippen molar-refractivity contribution < 1.29 is 22.8 Å². The van der Waals surface area contributed by atoms with Crippen LogP contribution in [0.5, 0.6) is 0 Å². The van der Waals surface area contributed by atoms with Gasteiger partial charge in [-0.3, -0.25) is 14.4 Å². The number of carbonyl (C=O) groups excluding carboxylic acids is 3. The lowest BCUT2D eigenvalue weighted by atomic mass is 9.86. The average molecular weight is 619 g/mol. The average Bonchev–Trinajstić information content (AvgIpc) is 3.45. The van der Waals surface area contributed by atoms with Gasteiger partial charge in [-0.15, -0.1) is 0 Å². The van der Waals surface area contributed by atoms with Gasteiger partial charge in [0.25, 0.3) is 5.91 Å². The summed E-state index contributed by atoms with van der Waals surface area (Å²) in [4.78, 5) is 46.5. The van der Waals surface area contributed by atoms with Crippen molar-refractivity contribution in [1.29, 1.82) is 0 Å². The van der Waals surface area contributed by atoms with Crippen LogP contribution in [0.15, 0.2) is 35.3 Å². The van der Waals surface area contributed by atoms with E-state index in [1.54, 1.807) is 0 Å². The second kappa shape index (κ2) is 15.1. The molecule has 0 saturated carbocycles. The van der Waals surface area contributed by atoms with Gasteiger partial charge in [0.15, 0.2) is 5.96 Å². The van der Waals surface area contributed by atoms with Crippen molar-refractivity contribution in [3.05, 3.63) is 35.9 Å². The second-order valence-electron chi connectivity index (χ2n) is 12.7. The molecule has 3 amide bonds. The van der Waals surface area contributed by atoms with Crippen LogP contribution < -0.4 is 11.5 Å². The number of piperidine rings is 1. The molecule has 2 fully saturated rings. The first kappa shape index (κ1) is 34.5. The van der Waals surface area contributed by atoms with Gasteiger partial charge in [-0.25, -0.2) is 8.42 Å². The Bertz CT molecular complexity index is 1240. The summed E-state index contributed by atoms with van der Waals surface area (Å²) in [6.07, 6.45) is 7.51. The standard InChI is InChI=1S/C31H50N6O5S/c1-5-6-10-17-31(2,3)29(40)34-30(33)35-19-15-24(16-20-35)22-37(43(4,41)42)26(21-23-12-8-7-9-13-23)28(39)36-18-11-14-25(36)27(32)38/h7-9,12-13,24-26H,5-6,10-11,14-22H2,1-4H3,(H2,32,38)(H2,33,34,40)/t25-,26+/m0/s1. The maximum absolute atomic E-state index is 13.9. The van der Waals surface area contributed by atoms with Gasteiger partial charge < -0.3 is 21.3 Å². The van der Waals surface area contributed by atoms with Gasteiger partial charge in [-0.1, -0.05) is 70.4 Å². The summed E-state index contributed by atoms with van der Waals surface area (Å²) < 4.78 is 27.8. The van der Waals surface area contributed by atoms with Crippen LogP contribution in [0.4, 0.5) is 0 Å². The normalized spacial score (nSPS) is 19.6. The lowest BCUT2D eigenvalue weighted by Crippen LogP contribution is -2.56. The van der Waals surface area contributed by atoms with E-state index in [0.717, 1.165) is 37.5 Å². The van der Waals surface area contributed by atoms with Crippen LogP contribution in [0.2, 0.25) is 0 Å². The van der Waals surface area contributed by atoms with Crippen LogP contribution in [0, 0.1) is 11.3 Å².